The van der Waals surface area contributed by atoms with Crippen LogP contribution in [0.25, 0.3) is 0 Å². The molecule has 25 heavy (non-hydrogen) atoms. The number of aromatic nitrogens is 5. The fourth-order valence-corrected chi connectivity index (χ4v) is 3.20. The highest BCUT2D eigenvalue weighted by atomic mass is 16.3. The minimum Gasteiger partial charge on any atom is -0.390 e. The third kappa shape index (κ3) is 4.25. The van der Waals surface area contributed by atoms with E-state index in [0.29, 0.717) is 11.6 Å². The van der Waals surface area contributed by atoms with E-state index >= 15 is 0 Å². The Kier molecular flexibility index (Phi) is 5.47. The van der Waals surface area contributed by atoms with Gasteiger partial charge in [-0.25, -0.2) is 4.98 Å². The third-order valence-electron chi connectivity index (χ3n) is 4.55. The molecule has 0 saturated carbocycles. The van der Waals surface area contributed by atoms with Gasteiger partial charge >= 0.3 is 0 Å². The summed E-state index contributed by atoms with van der Waals surface area (Å²) in [7, 11) is 3.95. The fraction of sp³-hybridized carbons (Fsp3) is 0.647. The standard InChI is InChI=1S/C17H27N7O/c1-4-14-8-16(19-17(18-14)22(2)3)23-7-5-6-13(9-23)10-24-11-15(12-25)20-21-24/h8,11,13,25H,4-7,9-10,12H2,1-3H3/t13-/m1/s1. The first-order valence-corrected chi connectivity index (χ1v) is 8.89. The number of piperidine rings is 1. The van der Waals surface area contributed by atoms with Crippen molar-refractivity contribution in [2.24, 2.45) is 5.92 Å². The van der Waals surface area contributed by atoms with E-state index in [2.05, 4.69) is 33.2 Å². The van der Waals surface area contributed by atoms with Crippen LogP contribution < -0.4 is 9.80 Å². The molecule has 0 bridgehead atoms. The maximum Gasteiger partial charge on any atom is 0.227 e. The SMILES string of the molecule is CCc1cc(N2CCC[C@@H](Cn3cc(CO)nn3)C2)nc(N(C)C)n1. The summed E-state index contributed by atoms with van der Waals surface area (Å²) in [4.78, 5) is 13.6. The van der Waals surface area contributed by atoms with Gasteiger partial charge in [0.2, 0.25) is 5.95 Å². The van der Waals surface area contributed by atoms with Crippen LogP contribution in [-0.2, 0) is 19.6 Å². The number of hydrogen-bond donors (Lipinski definition) is 1. The van der Waals surface area contributed by atoms with Gasteiger partial charge < -0.3 is 14.9 Å². The van der Waals surface area contributed by atoms with Gasteiger partial charge in [-0.3, -0.25) is 4.68 Å². The first-order valence-electron chi connectivity index (χ1n) is 8.89. The zero-order valence-corrected chi connectivity index (χ0v) is 15.3. The monoisotopic (exact) mass is 345 g/mol. The Morgan fingerprint density at radius 3 is 2.80 bits per heavy atom. The Hall–Kier alpha value is -2.22. The molecule has 1 aliphatic heterocycles. The number of aliphatic hydroxyl groups excluding tert-OH is 1. The van der Waals surface area contributed by atoms with Gasteiger partial charge in [0.05, 0.1) is 12.8 Å². The molecule has 8 heteroatoms. The molecule has 136 valence electrons. The Balaban J connectivity index is 1.73. The molecule has 0 radical (unpaired) electrons. The second kappa shape index (κ2) is 7.77. The lowest BCUT2D eigenvalue weighted by Gasteiger charge is -2.34. The molecule has 2 aromatic heterocycles. The number of nitrogens with zero attached hydrogens (tertiary/aromatic N) is 7. The number of aryl methyl sites for hydroxylation is 1. The highest BCUT2D eigenvalue weighted by Crippen LogP contribution is 2.24. The maximum absolute atomic E-state index is 9.13. The molecule has 0 spiro atoms. The van der Waals surface area contributed by atoms with Crippen LogP contribution in [0, 0.1) is 5.92 Å². The highest BCUT2D eigenvalue weighted by molar-refractivity contribution is 5.46. The normalized spacial score (nSPS) is 17.8. The predicted octanol–water partition coefficient (Wildman–Crippen LogP) is 1.11. The van der Waals surface area contributed by atoms with Crippen LogP contribution in [0.5, 0.6) is 0 Å². The largest absolute Gasteiger partial charge is 0.390 e. The summed E-state index contributed by atoms with van der Waals surface area (Å²) in [6.45, 7) is 4.83. The quantitative estimate of drug-likeness (QED) is 0.839. The summed E-state index contributed by atoms with van der Waals surface area (Å²) >= 11 is 0. The molecule has 1 N–H and O–H groups in total. The first kappa shape index (κ1) is 17.6. The molecule has 1 aliphatic rings. The third-order valence-corrected chi connectivity index (χ3v) is 4.55. The summed E-state index contributed by atoms with van der Waals surface area (Å²) < 4.78 is 1.84. The topological polar surface area (TPSA) is 83.2 Å². The molecule has 3 rings (SSSR count). The number of hydrogen-bond acceptors (Lipinski definition) is 7. The number of rotatable bonds is 6. The van der Waals surface area contributed by atoms with Crippen LogP contribution in [0.2, 0.25) is 0 Å². The van der Waals surface area contributed by atoms with Gasteiger partial charge in [0.25, 0.3) is 0 Å². The second-order valence-electron chi connectivity index (χ2n) is 6.81. The van der Waals surface area contributed by atoms with Gasteiger partial charge in [0, 0.05) is 45.5 Å². The van der Waals surface area contributed by atoms with Crippen molar-refractivity contribution in [3.63, 3.8) is 0 Å². The van der Waals surface area contributed by atoms with Crippen molar-refractivity contribution in [2.75, 3.05) is 37.0 Å². The lowest BCUT2D eigenvalue weighted by molar-refractivity contribution is 0.276. The Morgan fingerprint density at radius 2 is 2.12 bits per heavy atom. The molecule has 3 heterocycles. The second-order valence-corrected chi connectivity index (χ2v) is 6.81. The maximum atomic E-state index is 9.13. The van der Waals surface area contributed by atoms with Crippen molar-refractivity contribution in [3.05, 3.63) is 23.7 Å². The van der Waals surface area contributed by atoms with Crippen molar-refractivity contribution in [1.29, 1.82) is 0 Å². The molecule has 1 atom stereocenters. The minimum absolute atomic E-state index is 0.0646. The smallest absolute Gasteiger partial charge is 0.227 e. The van der Waals surface area contributed by atoms with E-state index in [1.165, 1.54) is 0 Å². The number of aliphatic hydroxyl groups is 1. The van der Waals surface area contributed by atoms with Gasteiger partial charge in [0.15, 0.2) is 0 Å². The Labute approximate surface area is 148 Å². The Morgan fingerprint density at radius 1 is 1.28 bits per heavy atom. The van der Waals surface area contributed by atoms with E-state index in [-0.39, 0.29) is 6.61 Å². The van der Waals surface area contributed by atoms with E-state index in [0.717, 1.165) is 56.4 Å². The molecule has 0 unspecified atom stereocenters. The van der Waals surface area contributed by atoms with Crippen molar-refractivity contribution >= 4 is 11.8 Å². The van der Waals surface area contributed by atoms with Crippen LogP contribution >= 0.6 is 0 Å². The molecule has 1 fully saturated rings. The summed E-state index contributed by atoms with van der Waals surface area (Å²) in [5.41, 5.74) is 1.69. The first-order chi connectivity index (χ1) is 12.1. The highest BCUT2D eigenvalue weighted by Gasteiger charge is 2.23. The lowest BCUT2D eigenvalue weighted by atomic mass is 9.98. The molecule has 1 saturated heterocycles. The van der Waals surface area contributed by atoms with Gasteiger partial charge in [-0.15, -0.1) is 5.10 Å². The van der Waals surface area contributed by atoms with Crippen LogP contribution in [0.15, 0.2) is 12.3 Å². The summed E-state index contributed by atoms with van der Waals surface area (Å²) in [6, 6.07) is 2.11. The zero-order valence-electron chi connectivity index (χ0n) is 15.3. The summed E-state index contributed by atoms with van der Waals surface area (Å²) in [5.74, 6) is 2.26. The van der Waals surface area contributed by atoms with Gasteiger partial charge in [-0.2, -0.15) is 4.98 Å². The van der Waals surface area contributed by atoms with Crippen LogP contribution in [0.4, 0.5) is 11.8 Å². The van der Waals surface area contributed by atoms with Crippen molar-refractivity contribution in [3.8, 4) is 0 Å². The van der Waals surface area contributed by atoms with Gasteiger partial charge in [-0.1, -0.05) is 12.1 Å². The molecule has 0 aliphatic carbocycles. The molecular formula is C17H27N7O. The van der Waals surface area contributed by atoms with Crippen LogP contribution in [0.1, 0.15) is 31.2 Å². The van der Waals surface area contributed by atoms with Crippen LogP contribution in [-0.4, -0.2) is 57.3 Å². The molecule has 2 aromatic rings. The van der Waals surface area contributed by atoms with E-state index in [9.17, 15) is 0 Å². The van der Waals surface area contributed by atoms with E-state index in [1.54, 1.807) is 0 Å². The summed E-state index contributed by atoms with van der Waals surface area (Å²) in [6.07, 6.45) is 5.02. The molecule has 0 aromatic carbocycles. The molecular weight excluding hydrogens is 318 g/mol. The zero-order chi connectivity index (χ0) is 17.8. The van der Waals surface area contributed by atoms with E-state index < -0.39 is 0 Å². The van der Waals surface area contributed by atoms with Gasteiger partial charge in [0.1, 0.15) is 11.5 Å². The minimum atomic E-state index is -0.0646. The number of anilines is 2. The fourth-order valence-electron chi connectivity index (χ4n) is 3.20. The average molecular weight is 345 g/mol. The Bertz CT molecular complexity index is 700. The molecule has 8 nitrogen and oxygen atoms in total. The predicted molar refractivity (Wildman–Crippen MR) is 96.6 cm³/mol. The lowest BCUT2D eigenvalue weighted by Crippen LogP contribution is -2.38. The van der Waals surface area contributed by atoms with E-state index in [1.807, 2.05) is 29.9 Å². The summed E-state index contributed by atoms with van der Waals surface area (Å²) in [5, 5.41) is 17.2. The average Bonchev–Trinajstić information content (AvgIpc) is 3.09. The van der Waals surface area contributed by atoms with Crippen LogP contribution in [0.3, 0.4) is 0 Å². The van der Waals surface area contributed by atoms with Crippen molar-refractivity contribution < 1.29 is 5.11 Å². The van der Waals surface area contributed by atoms with Gasteiger partial charge in [-0.05, 0) is 25.2 Å². The van der Waals surface area contributed by atoms with E-state index in [4.69, 9.17) is 10.1 Å². The molecule has 0 amide bonds. The van der Waals surface area contributed by atoms with Crippen molar-refractivity contribution in [2.45, 2.75) is 39.3 Å². The van der Waals surface area contributed by atoms with Crippen molar-refractivity contribution in [1.82, 2.24) is 25.0 Å².